The van der Waals surface area contributed by atoms with Gasteiger partial charge >= 0.3 is 0 Å². The molecule has 0 spiro atoms. The van der Waals surface area contributed by atoms with Crippen molar-refractivity contribution in [2.45, 2.75) is 12.3 Å². The minimum absolute atomic E-state index is 0.0167. The number of hydrogen-bond acceptors (Lipinski definition) is 1. The first-order valence-corrected chi connectivity index (χ1v) is 9.18. The largest absolute Gasteiger partial charge is 0.326 e. The van der Waals surface area contributed by atoms with E-state index in [9.17, 15) is 4.79 Å². The van der Waals surface area contributed by atoms with Crippen LogP contribution in [0.4, 0.5) is 5.69 Å². The number of nitrogens with one attached hydrogen (secondary N) is 1. The maximum Gasteiger partial charge on any atom is 0.225 e. The van der Waals surface area contributed by atoms with Crippen molar-refractivity contribution < 1.29 is 4.79 Å². The molecule has 2 nitrogen and oxygen atoms in total. The van der Waals surface area contributed by atoms with Crippen LogP contribution in [0.5, 0.6) is 0 Å². The summed E-state index contributed by atoms with van der Waals surface area (Å²) < 4.78 is 0. The Balaban J connectivity index is 1.56. The molecule has 0 atom stereocenters. The van der Waals surface area contributed by atoms with Crippen molar-refractivity contribution in [1.82, 2.24) is 0 Å². The van der Waals surface area contributed by atoms with Crippen LogP contribution in [0, 0.1) is 0 Å². The van der Waals surface area contributed by atoms with Crippen molar-refractivity contribution in [1.29, 1.82) is 0 Å². The molecule has 0 aliphatic rings. The molecule has 0 aliphatic heterocycles. The third kappa shape index (κ3) is 4.06. The number of benzene rings is 4. The van der Waals surface area contributed by atoms with Gasteiger partial charge < -0.3 is 5.32 Å². The lowest BCUT2D eigenvalue weighted by molar-refractivity contribution is -0.116. The van der Waals surface area contributed by atoms with E-state index in [1.807, 2.05) is 66.7 Å². The van der Waals surface area contributed by atoms with Gasteiger partial charge in [0.15, 0.2) is 0 Å². The number of rotatable bonds is 5. The van der Waals surface area contributed by atoms with Crippen LogP contribution < -0.4 is 5.32 Å². The van der Waals surface area contributed by atoms with E-state index >= 15 is 0 Å². The van der Waals surface area contributed by atoms with Crippen LogP contribution in [0.2, 0.25) is 0 Å². The molecule has 0 aliphatic carbocycles. The number of fused-ring (bicyclic) bond motifs is 1. The van der Waals surface area contributed by atoms with Crippen LogP contribution >= 0.6 is 0 Å². The minimum Gasteiger partial charge on any atom is -0.326 e. The maximum atomic E-state index is 12.8. The summed E-state index contributed by atoms with van der Waals surface area (Å²) in [6, 6.07) is 34.6. The fourth-order valence-corrected chi connectivity index (χ4v) is 3.46. The van der Waals surface area contributed by atoms with Crippen LogP contribution in [-0.2, 0) is 4.79 Å². The Morgan fingerprint density at radius 2 is 1.22 bits per heavy atom. The highest BCUT2D eigenvalue weighted by atomic mass is 16.1. The molecule has 1 N–H and O–H groups in total. The normalized spacial score (nSPS) is 10.9. The quantitative estimate of drug-likeness (QED) is 0.469. The van der Waals surface area contributed by atoms with Gasteiger partial charge in [-0.2, -0.15) is 0 Å². The van der Waals surface area contributed by atoms with E-state index in [0.29, 0.717) is 6.42 Å². The number of carbonyl (C=O) groups excluding carboxylic acids is 1. The Kier molecular flexibility index (Phi) is 4.97. The summed E-state index contributed by atoms with van der Waals surface area (Å²) in [6.45, 7) is 0. The van der Waals surface area contributed by atoms with Crippen LogP contribution in [0.1, 0.15) is 23.5 Å². The average Bonchev–Trinajstić information content (AvgIpc) is 2.73. The first-order valence-electron chi connectivity index (χ1n) is 9.18. The topological polar surface area (TPSA) is 29.1 Å². The molecule has 0 aromatic heterocycles. The molecule has 0 radical (unpaired) electrons. The highest BCUT2D eigenvalue weighted by Gasteiger charge is 2.18. The van der Waals surface area contributed by atoms with Gasteiger partial charge in [0.05, 0.1) is 0 Å². The fourth-order valence-electron chi connectivity index (χ4n) is 3.46. The highest BCUT2D eigenvalue weighted by Crippen LogP contribution is 2.28. The molecule has 0 bridgehead atoms. The fraction of sp³-hybridized carbons (Fsp3) is 0.0800. The van der Waals surface area contributed by atoms with Gasteiger partial charge in [-0.05, 0) is 34.0 Å². The molecule has 0 saturated carbocycles. The summed E-state index contributed by atoms with van der Waals surface area (Å²) in [5.41, 5.74) is 3.13. The second-order valence-electron chi connectivity index (χ2n) is 6.69. The second-order valence-corrected chi connectivity index (χ2v) is 6.69. The van der Waals surface area contributed by atoms with Crippen molar-refractivity contribution in [3.63, 3.8) is 0 Å². The molecule has 4 aromatic rings. The zero-order valence-corrected chi connectivity index (χ0v) is 15.0. The summed E-state index contributed by atoms with van der Waals surface area (Å²) in [6.07, 6.45) is 0.404. The number of anilines is 1. The van der Waals surface area contributed by atoms with Gasteiger partial charge in [0.2, 0.25) is 5.91 Å². The molecular weight excluding hydrogens is 330 g/mol. The molecule has 0 saturated heterocycles. The molecule has 0 fully saturated rings. The Morgan fingerprint density at radius 1 is 0.667 bits per heavy atom. The molecule has 0 heterocycles. The van der Waals surface area contributed by atoms with Gasteiger partial charge in [-0.25, -0.2) is 0 Å². The number of amides is 1. The van der Waals surface area contributed by atoms with Crippen LogP contribution in [-0.4, -0.2) is 5.91 Å². The maximum absolute atomic E-state index is 12.8. The van der Waals surface area contributed by atoms with E-state index in [1.165, 1.54) is 5.39 Å². The molecule has 1 amide bonds. The van der Waals surface area contributed by atoms with Crippen molar-refractivity contribution >= 4 is 22.4 Å². The first-order chi connectivity index (χ1) is 13.3. The zero-order valence-electron chi connectivity index (χ0n) is 15.0. The van der Waals surface area contributed by atoms with E-state index in [0.717, 1.165) is 22.2 Å². The second kappa shape index (κ2) is 7.88. The van der Waals surface area contributed by atoms with Gasteiger partial charge in [-0.15, -0.1) is 0 Å². The Hall–Kier alpha value is -3.39. The lowest BCUT2D eigenvalue weighted by Crippen LogP contribution is -2.16. The van der Waals surface area contributed by atoms with Crippen molar-refractivity contribution in [2.24, 2.45) is 0 Å². The summed E-state index contributed by atoms with van der Waals surface area (Å²) >= 11 is 0. The van der Waals surface area contributed by atoms with Crippen LogP contribution in [0.15, 0.2) is 103 Å². The Morgan fingerprint density at radius 3 is 1.85 bits per heavy atom. The van der Waals surface area contributed by atoms with Crippen LogP contribution in [0.3, 0.4) is 0 Å². The molecular formula is C25H21NO. The SMILES string of the molecule is O=C(CC(c1ccccc1)c1ccccc1)Nc1ccc2ccccc2c1. The summed E-state index contributed by atoms with van der Waals surface area (Å²) in [5.74, 6) is 0.0517. The Labute approximate surface area is 159 Å². The zero-order chi connectivity index (χ0) is 18.5. The van der Waals surface area contributed by atoms with Gasteiger partial charge in [-0.1, -0.05) is 91.0 Å². The number of carbonyl (C=O) groups is 1. The average molecular weight is 351 g/mol. The summed E-state index contributed by atoms with van der Waals surface area (Å²) in [4.78, 5) is 12.8. The smallest absolute Gasteiger partial charge is 0.225 e. The van der Waals surface area contributed by atoms with Crippen LogP contribution in [0.25, 0.3) is 10.8 Å². The number of hydrogen-bond donors (Lipinski definition) is 1. The molecule has 2 heteroatoms. The van der Waals surface area contributed by atoms with Gasteiger partial charge in [-0.3, -0.25) is 4.79 Å². The lowest BCUT2D eigenvalue weighted by Gasteiger charge is -2.18. The monoisotopic (exact) mass is 351 g/mol. The first kappa shape index (κ1) is 17.0. The van der Waals surface area contributed by atoms with E-state index in [1.54, 1.807) is 0 Å². The molecule has 0 unspecified atom stereocenters. The Bertz CT molecular complexity index is 1000. The van der Waals surface area contributed by atoms with Crippen molar-refractivity contribution in [2.75, 3.05) is 5.32 Å². The minimum atomic E-state index is 0.0167. The van der Waals surface area contributed by atoms with Crippen molar-refractivity contribution in [3.05, 3.63) is 114 Å². The van der Waals surface area contributed by atoms with Crippen molar-refractivity contribution in [3.8, 4) is 0 Å². The highest BCUT2D eigenvalue weighted by molar-refractivity contribution is 5.95. The molecule has 27 heavy (non-hydrogen) atoms. The summed E-state index contributed by atoms with van der Waals surface area (Å²) in [7, 11) is 0. The summed E-state index contributed by atoms with van der Waals surface area (Å²) in [5, 5.41) is 5.36. The molecule has 4 rings (SSSR count). The molecule has 4 aromatic carbocycles. The third-order valence-corrected chi connectivity index (χ3v) is 4.83. The third-order valence-electron chi connectivity index (χ3n) is 4.83. The lowest BCUT2D eigenvalue weighted by atomic mass is 9.88. The van der Waals surface area contributed by atoms with Gasteiger partial charge in [0.25, 0.3) is 0 Å². The van der Waals surface area contributed by atoms with E-state index < -0.39 is 0 Å². The van der Waals surface area contributed by atoms with E-state index in [-0.39, 0.29) is 11.8 Å². The van der Waals surface area contributed by atoms with Gasteiger partial charge in [0, 0.05) is 18.0 Å². The predicted molar refractivity (Wildman–Crippen MR) is 112 cm³/mol. The predicted octanol–water partition coefficient (Wildman–Crippen LogP) is 6.00. The van der Waals surface area contributed by atoms with Gasteiger partial charge in [0.1, 0.15) is 0 Å². The standard InChI is InChI=1S/C25H21NO/c27-25(26-23-16-15-19-9-7-8-14-22(19)17-23)18-24(20-10-3-1-4-11-20)21-12-5-2-6-13-21/h1-17,24H,18H2,(H,26,27). The molecule has 132 valence electrons. The van der Waals surface area contributed by atoms with E-state index in [2.05, 4.69) is 41.7 Å². The van der Waals surface area contributed by atoms with E-state index in [4.69, 9.17) is 0 Å².